The predicted molar refractivity (Wildman–Crippen MR) is 70.6 cm³/mol. The lowest BCUT2D eigenvalue weighted by molar-refractivity contribution is 0.536. The van der Waals surface area contributed by atoms with Gasteiger partial charge in [0.1, 0.15) is 5.82 Å². The Bertz CT molecular complexity index is 328. The summed E-state index contributed by atoms with van der Waals surface area (Å²) >= 11 is 1.85. The second kappa shape index (κ2) is 6.92. The fourth-order valence-corrected chi connectivity index (χ4v) is 2.35. The maximum atomic E-state index is 13.0. The Labute approximate surface area is 102 Å². The minimum atomic E-state index is -0.152. The molecule has 90 valence electrons. The van der Waals surface area contributed by atoms with Gasteiger partial charge in [-0.05, 0) is 55.2 Å². The molecular formula is C13H20FNS. The summed E-state index contributed by atoms with van der Waals surface area (Å²) in [5.74, 6) is 0.968. The number of thioether (sulfide) groups is 1. The molecule has 0 bridgehead atoms. The van der Waals surface area contributed by atoms with Gasteiger partial charge in [0.2, 0.25) is 0 Å². The summed E-state index contributed by atoms with van der Waals surface area (Å²) in [5, 5.41) is 3.46. The molecule has 0 aromatic heterocycles. The molecule has 0 aliphatic rings. The van der Waals surface area contributed by atoms with Gasteiger partial charge < -0.3 is 5.32 Å². The molecule has 1 unspecified atom stereocenters. The van der Waals surface area contributed by atoms with Crippen molar-refractivity contribution in [2.75, 3.05) is 18.6 Å². The van der Waals surface area contributed by atoms with Crippen molar-refractivity contribution < 1.29 is 4.39 Å². The molecule has 0 amide bonds. The van der Waals surface area contributed by atoms with Crippen LogP contribution in [0.5, 0.6) is 0 Å². The van der Waals surface area contributed by atoms with E-state index >= 15 is 0 Å². The lowest BCUT2D eigenvalue weighted by Crippen LogP contribution is -2.22. The molecule has 0 aliphatic heterocycles. The first-order chi connectivity index (χ1) is 7.69. The number of hydrogen-bond donors (Lipinski definition) is 1. The van der Waals surface area contributed by atoms with Crippen LogP contribution in [0.25, 0.3) is 0 Å². The topological polar surface area (TPSA) is 12.0 Å². The quantitative estimate of drug-likeness (QED) is 0.817. The van der Waals surface area contributed by atoms with E-state index in [0.29, 0.717) is 6.04 Å². The Morgan fingerprint density at radius 2 is 2.19 bits per heavy atom. The van der Waals surface area contributed by atoms with E-state index in [1.807, 2.05) is 24.8 Å². The maximum Gasteiger partial charge on any atom is 0.123 e. The van der Waals surface area contributed by atoms with Gasteiger partial charge in [-0.2, -0.15) is 11.8 Å². The third kappa shape index (κ3) is 3.80. The number of rotatable bonds is 6. The Balaban J connectivity index is 2.82. The van der Waals surface area contributed by atoms with E-state index in [2.05, 4.69) is 18.5 Å². The molecular weight excluding hydrogens is 221 g/mol. The zero-order valence-corrected chi connectivity index (χ0v) is 11.0. The van der Waals surface area contributed by atoms with Crippen LogP contribution in [-0.4, -0.2) is 18.6 Å². The zero-order chi connectivity index (χ0) is 12.0. The van der Waals surface area contributed by atoms with Crippen molar-refractivity contribution in [1.29, 1.82) is 0 Å². The SMILES string of the molecule is CCNC(CCSC)c1ccc(F)cc1C. The van der Waals surface area contributed by atoms with Gasteiger partial charge in [-0.1, -0.05) is 13.0 Å². The summed E-state index contributed by atoms with van der Waals surface area (Å²) in [6.07, 6.45) is 3.20. The van der Waals surface area contributed by atoms with Crippen molar-refractivity contribution >= 4 is 11.8 Å². The van der Waals surface area contributed by atoms with Crippen LogP contribution in [0.4, 0.5) is 4.39 Å². The Kier molecular flexibility index (Phi) is 5.85. The first kappa shape index (κ1) is 13.5. The van der Waals surface area contributed by atoms with Gasteiger partial charge in [-0.3, -0.25) is 0 Å². The van der Waals surface area contributed by atoms with Gasteiger partial charge in [0.05, 0.1) is 0 Å². The van der Waals surface area contributed by atoms with Crippen LogP contribution in [0.15, 0.2) is 18.2 Å². The minimum Gasteiger partial charge on any atom is -0.310 e. The first-order valence-corrected chi connectivity index (χ1v) is 7.06. The fourth-order valence-electron chi connectivity index (χ4n) is 1.88. The van der Waals surface area contributed by atoms with Crippen molar-refractivity contribution in [3.05, 3.63) is 35.1 Å². The lowest BCUT2D eigenvalue weighted by Gasteiger charge is -2.20. The highest BCUT2D eigenvalue weighted by Gasteiger charge is 2.12. The van der Waals surface area contributed by atoms with Gasteiger partial charge in [-0.15, -0.1) is 0 Å². The lowest BCUT2D eigenvalue weighted by atomic mass is 9.99. The number of aryl methyl sites for hydroxylation is 1. The summed E-state index contributed by atoms with van der Waals surface area (Å²) in [6, 6.07) is 5.40. The molecule has 0 saturated carbocycles. The summed E-state index contributed by atoms with van der Waals surface area (Å²) in [4.78, 5) is 0. The molecule has 0 heterocycles. The highest BCUT2D eigenvalue weighted by atomic mass is 32.2. The van der Waals surface area contributed by atoms with Crippen LogP contribution in [0.3, 0.4) is 0 Å². The first-order valence-electron chi connectivity index (χ1n) is 5.67. The van der Waals surface area contributed by atoms with E-state index in [9.17, 15) is 4.39 Å². The molecule has 1 N–H and O–H groups in total. The van der Waals surface area contributed by atoms with Crippen LogP contribution < -0.4 is 5.32 Å². The van der Waals surface area contributed by atoms with Crippen LogP contribution in [0.1, 0.15) is 30.5 Å². The highest BCUT2D eigenvalue weighted by molar-refractivity contribution is 7.98. The zero-order valence-electron chi connectivity index (χ0n) is 10.2. The van der Waals surface area contributed by atoms with Gasteiger partial charge in [0, 0.05) is 6.04 Å². The average Bonchev–Trinajstić information content (AvgIpc) is 2.25. The summed E-state index contributed by atoms with van der Waals surface area (Å²) in [6.45, 7) is 5.02. The Morgan fingerprint density at radius 3 is 2.75 bits per heavy atom. The second-order valence-corrected chi connectivity index (χ2v) is 4.88. The summed E-state index contributed by atoms with van der Waals surface area (Å²) in [7, 11) is 0. The van der Waals surface area contributed by atoms with Crippen LogP contribution in [0, 0.1) is 12.7 Å². The van der Waals surface area contributed by atoms with Crippen LogP contribution >= 0.6 is 11.8 Å². The molecule has 1 rings (SSSR count). The average molecular weight is 241 g/mol. The molecule has 0 fully saturated rings. The molecule has 0 saturated heterocycles. The number of benzene rings is 1. The van der Waals surface area contributed by atoms with E-state index in [1.54, 1.807) is 12.1 Å². The summed E-state index contributed by atoms with van der Waals surface area (Å²) in [5.41, 5.74) is 2.25. The third-order valence-corrected chi connectivity index (χ3v) is 3.31. The normalized spacial score (nSPS) is 12.8. The smallest absolute Gasteiger partial charge is 0.123 e. The van der Waals surface area contributed by atoms with Crippen molar-refractivity contribution in [3.63, 3.8) is 0 Å². The predicted octanol–water partition coefficient (Wildman–Crippen LogP) is 3.54. The van der Waals surface area contributed by atoms with E-state index in [0.717, 1.165) is 24.3 Å². The highest BCUT2D eigenvalue weighted by Crippen LogP contribution is 2.22. The fraction of sp³-hybridized carbons (Fsp3) is 0.538. The molecule has 1 aromatic rings. The van der Waals surface area contributed by atoms with Crippen molar-refractivity contribution in [3.8, 4) is 0 Å². The molecule has 1 nitrogen and oxygen atoms in total. The number of nitrogens with one attached hydrogen (secondary N) is 1. The maximum absolute atomic E-state index is 13.0. The van der Waals surface area contributed by atoms with Gasteiger partial charge in [-0.25, -0.2) is 4.39 Å². The van der Waals surface area contributed by atoms with Crippen molar-refractivity contribution in [1.82, 2.24) is 5.32 Å². The molecule has 16 heavy (non-hydrogen) atoms. The molecule has 0 aliphatic carbocycles. The van der Waals surface area contributed by atoms with Gasteiger partial charge in [0.25, 0.3) is 0 Å². The van der Waals surface area contributed by atoms with E-state index in [1.165, 1.54) is 5.56 Å². The van der Waals surface area contributed by atoms with E-state index in [-0.39, 0.29) is 5.82 Å². The number of halogens is 1. The molecule has 1 atom stereocenters. The molecule has 0 radical (unpaired) electrons. The minimum absolute atomic E-state index is 0.152. The van der Waals surface area contributed by atoms with Gasteiger partial charge in [0.15, 0.2) is 0 Å². The van der Waals surface area contributed by atoms with E-state index < -0.39 is 0 Å². The monoisotopic (exact) mass is 241 g/mol. The molecule has 1 aromatic carbocycles. The molecule has 0 spiro atoms. The Hall–Kier alpha value is -0.540. The van der Waals surface area contributed by atoms with Crippen LogP contribution in [-0.2, 0) is 0 Å². The van der Waals surface area contributed by atoms with Crippen molar-refractivity contribution in [2.45, 2.75) is 26.3 Å². The standard InChI is InChI=1S/C13H20FNS/c1-4-15-13(7-8-16-3)12-6-5-11(14)9-10(12)2/h5-6,9,13,15H,4,7-8H2,1-3H3. The van der Waals surface area contributed by atoms with Gasteiger partial charge >= 0.3 is 0 Å². The summed E-state index contributed by atoms with van der Waals surface area (Å²) < 4.78 is 13.0. The van der Waals surface area contributed by atoms with Crippen LogP contribution in [0.2, 0.25) is 0 Å². The Morgan fingerprint density at radius 1 is 1.44 bits per heavy atom. The largest absolute Gasteiger partial charge is 0.310 e. The van der Waals surface area contributed by atoms with E-state index in [4.69, 9.17) is 0 Å². The molecule has 3 heteroatoms. The third-order valence-electron chi connectivity index (χ3n) is 2.67. The van der Waals surface area contributed by atoms with Crippen molar-refractivity contribution in [2.24, 2.45) is 0 Å². The second-order valence-electron chi connectivity index (χ2n) is 3.89. The number of hydrogen-bond acceptors (Lipinski definition) is 2.